The van der Waals surface area contributed by atoms with E-state index in [1.54, 1.807) is 12.1 Å². The Kier molecular flexibility index (Phi) is 5.13. The summed E-state index contributed by atoms with van der Waals surface area (Å²) in [5.41, 5.74) is 6.34. The number of hydrogen-bond donors (Lipinski definition) is 1. The zero-order chi connectivity index (χ0) is 15.3. The molecule has 1 aromatic rings. The Morgan fingerprint density at radius 2 is 1.86 bits per heavy atom. The maximum atomic E-state index is 11.9. The Balaban J connectivity index is 1.89. The van der Waals surface area contributed by atoms with Gasteiger partial charge >= 0.3 is 6.18 Å². The van der Waals surface area contributed by atoms with Crippen molar-refractivity contribution in [2.75, 3.05) is 33.2 Å². The molecule has 0 saturated carbocycles. The lowest BCUT2D eigenvalue weighted by atomic mass is 10.1. The van der Waals surface area contributed by atoms with E-state index in [0.717, 1.165) is 5.56 Å². The summed E-state index contributed by atoms with van der Waals surface area (Å²) in [4.78, 5) is 0. The van der Waals surface area contributed by atoms with Crippen molar-refractivity contribution < 1.29 is 32.1 Å². The molecule has 118 valence electrons. The molecule has 0 aromatic heterocycles. The molecule has 8 heteroatoms. The van der Waals surface area contributed by atoms with Gasteiger partial charge in [-0.3, -0.25) is 0 Å². The summed E-state index contributed by atoms with van der Waals surface area (Å²) in [6.45, 7) is -0.882. The number of hydrogen-bond acceptors (Lipinski definition) is 5. The van der Waals surface area contributed by atoms with E-state index in [1.807, 2.05) is 0 Å². The lowest BCUT2D eigenvalue weighted by Gasteiger charge is -2.13. The molecular weight excluding hydrogens is 291 g/mol. The molecule has 0 spiro atoms. The SMILES string of the molecule is NCCc1cc2c(cc1OCCOCC(F)(F)F)OCO2. The molecule has 0 amide bonds. The van der Waals surface area contributed by atoms with Crippen molar-refractivity contribution in [3.8, 4) is 17.2 Å². The predicted molar refractivity (Wildman–Crippen MR) is 67.7 cm³/mol. The third-order valence-corrected chi connectivity index (χ3v) is 2.72. The number of alkyl halides is 3. The Hall–Kier alpha value is -1.67. The zero-order valence-corrected chi connectivity index (χ0v) is 11.2. The van der Waals surface area contributed by atoms with Crippen molar-refractivity contribution in [3.05, 3.63) is 17.7 Å². The molecule has 1 aromatic carbocycles. The topological polar surface area (TPSA) is 62.9 Å². The van der Waals surface area contributed by atoms with E-state index in [2.05, 4.69) is 4.74 Å². The fraction of sp³-hybridized carbons (Fsp3) is 0.538. The molecule has 2 N–H and O–H groups in total. The van der Waals surface area contributed by atoms with Crippen molar-refractivity contribution in [1.82, 2.24) is 0 Å². The molecule has 1 aliphatic rings. The summed E-state index contributed by atoms with van der Waals surface area (Å²) in [6, 6.07) is 3.41. The highest BCUT2D eigenvalue weighted by Crippen LogP contribution is 2.38. The van der Waals surface area contributed by atoms with Gasteiger partial charge in [0.1, 0.15) is 19.0 Å². The minimum absolute atomic E-state index is 0.00724. The van der Waals surface area contributed by atoms with Crippen LogP contribution in [0.15, 0.2) is 12.1 Å². The Labute approximate surface area is 119 Å². The van der Waals surface area contributed by atoms with Gasteiger partial charge in [0.05, 0.1) is 6.61 Å². The lowest BCUT2D eigenvalue weighted by Crippen LogP contribution is -2.19. The Morgan fingerprint density at radius 3 is 2.52 bits per heavy atom. The van der Waals surface area contributed by atoms with Gasteiger partial charge in [0.25, 0.3) is 0 Å². The van der Waals surface area contributed by atoms with E-state index in [-0.39, 0.29) is 20.0 Å². The monoisotopic (exact) mass is 307 g/mol. The maximum absolute atomic E-state index is 11.9. The molecule has 0 saturated heterocycles. The van der Waals surface area contributed by atoms with Gasteiger partial charge in [-0.05, 0) is 24.6 Å². The van der Waals surface area contributed by atoms with Crippen LogP contribution in [-0.2, 0) is 11.2 Å². The number of nitrogens with two attached hydrogens (primary N) is 1. The van der Waals surface area contributed by atoms with E-state index in [0.29, 0.717) is 30.2 Å². The average Bonchev–Trinajstić information content (AvgIpc) is 2.84. The van der Waals surface area contributed by atoms with Crippen molar-refractivity contribution in [1.29, 1.82) is 0 Å². The first-order chi connectivity index (χ1) is 9.99. The standard InChI is InChI=1S/C13H16F3NO4/c14-13(15,16)7-18-3-4-19-10-6-12-11(20-8-21-12)5-9(10)1-2-17/h5-6H,1-4,7-8,17H2. The molecule has 5 nitrogen and oxygen atoms in total. The van der Waals surface area contributed by atoms with E-state index in [4.69, 9.17) is 19.9 Å². The normalized spacial score (nSPS) is 13.5. The molecule has 0 unspecified atom stereocenters. The molecule has 1 aliphatic heterocycles. The number of rotatable bonds is 7. The van der Waals surface area contributed by atoms with Crippen LogP contribution in [0.4, 0.5) is 13.2 Å². The third kappa shape index (κ3) is 4.68. The van der Waals surface area contributed by atoms with Gasteiger partial charge in [-0.2, -0.15) is 13.2 Å². The van der Waals surface area contributed by atoms with Crippen LogP contribution in [0.5, 0.6) is 17.2 Å². The first-order valence-electron chi connectivity index (χ1n) is 6.39. The van der Waals surface area contributed by atoms with E-state index >= 15 is 0 Å². The molecule has 0 atom stereocenters. The predicted octanol–water partition coefficient (Wildman–Crippen LogP) is 1.87. The minimum Gasteiger partial charge on any atom is -0.491 e. The lowest BCUT2D eigenvalue weighted by molar-refractivity contribution is -0.175. The van der Waals surface area contributed by atoms with Crippen LogP contribution in [-0.4, -0.2) is 39.3 Å². The smallest absolute Gasteiger partial charge is 0.411 e. The van der Waals surface area contributed by atoms with Crippen LogP contribution in [0.3, 0.4) is 0 Å². The van der Waals surface area contributed by atoms with Crippen molar-refractivity contribution in [2.24, 2.45) is 5.73 Å². The van der Waals surface area contributed by atoms with Crippen LogP contribution in [0.25, 0.3) is 0 Å². The summed E-state index contributed by atoms with van der Waals surface area (Å²) in [7, 11) is 0. The fourth-order valence-electron chi connectivity index (χ4n) is 1.85. The number of benzene rings is 1. The Bertz CT molecular complexity index is 479. The molecule has 1 heterocycles. The van der Waals surface area contributed by atoms with Crippen LogP contribution in [0.1, 0.15) is 5.56 Å². The second kappa shape index (κ2) is 6.86. The quantitative estimate of drug-likeness (QED) is 0.779. The second-order valence-electron chi connectivity index (χ2n) is 4.37. The molecule has 0 radical (unpaired) electrons. The average molecular weight is 307 g/mol. The van der Waals surface area contributed by atoms with Crippen molar-refractivity contribution >= 4 is 0 Å². The van der Waals surface area contributed by atoms with Gasteiger partial charge < -0.3 is 24.7 Å². The van der Waals surface area contributed by atoms with Crippen molar-refractivity contribution in [2.45, 2.75) is 12.6 Å². The second-order valence-corrected chi connectivity index (χ2v) is 4.37. The van der Waals surface area contributed by atoms with Crippen LogP contribution < -0.4 is 19.9 Å². The number of ether oxygens (including phenoxy) is 4. The fourth-order valence-corrected chi connectivity index (χ4v) is 1.85. The molecule has 21 heavy (non-hydrogen) atoms. The van der Waals surface area contributed by atoms with E-state index in [9.17, 15) is 13.2 Å². The highest BCUT2D eigenvalue weighted by atomic mass is 19.4. The van der Waals surface area contributed by atoms with Crippen molar-refractivity contribution in [3.63, 3.8) is 0 Å². The number of fused-ring (bicyclic) bond motifs is 1. The summed E-state index contributed by atoms with van der Waals surface area (Å²) >= 11 is 0. The number of halogens is 3. The molecule has 0 fully saturated rings. The van der Waals surface area contributed by atoms with E-state index in [1.165, 1.54) is 0 Å². The highest BCUT2D eigenvalue weighted by Gasteiger charge is 2.27. The zero-order valence-electron chi connectivity index (χ0n) is 11.2. The summed E-state index contributed by atoms with van der Waals surface area (Å²) in [5.74, 6) is 1.67. The van der Waals surface area contributed by atoms with Crippen LogP contribution >= 0.6 is 0 Å². The van der Waals surface area contributed by atoms with Gasteiger partial charge in [-0.1, -0.05) is 0 Å². The van der Waals surface area contributed by atoms with Crippen LogP contribution in [0, 0.1) is 0 Å². The van der Waals surface area contributed by atoms with Gasteiger partial charge in [-0.15, -0.1) is 0 Å². The summed E-state index contributed by atoms with van der Waals surface area (Å²) in [5, 5.41) is 0. The highest BCUT2D eigenvalue weighted by molar-refractivity contribution is 5.52. The van der Waals surface area contributed by atoms with Gasteiger partial charge in [0.15, 0.2) is 11.5 Å². The van der Waals surface area contributed by atoms with Crippen LogP contribution in [0.2, 0.25) is 0 Å². The minimum atomic E-state index is -4.33. The molecule has 0 aliphatic carbocycles. The molecule has 0 bridgehead atoms. The first kappa shape index (κ1) is 15.7. The molecular formula is C13H16F3NO4. The maximum Gasteiger partial charge on any atom is 0.411 e. The van der Waals surface area contributed by atoms with Gasteiger partial charge in [0, 0.05) is 6.07 Å². The van der Waals surface area contributed by atoms with E-state index < -0.39 is 12.8 Å². The molecule has 2 rings (SSSR count). The summed E-state index contributed by atoms with van der Waals surface area (Å²) in [6.07, 6.45) is -3.77. The largest absolute Gasteiger partial charge is 0.491 e. The Morgan fingerprint density at radius 1 is 1.14 bits per heavy atom. The third-order valence-electron chi connectivity index (χ3n) is 2.72. The van der Waals surface area contributed by atoms with Gasteiger partial charge in [0.2, 0.25) is 6.79 Å². The first-order valence-corrected chi connectivity index (χ1v) is 6.39. The van der Waals surface area contributed by atoms with Gasteiger partial charge in [-0.25, -0.2) is 0 Å². The summed E-state index contributed by atoms with van der Waals surface area (Å²) < 4.78 is 56.1.